The third kappa shape index (κ3) is 4.30. The van der Waals surface area contributed by atoms with Gasteiger partial charge in [-0.1, -0.05) is 28.1 Å². The van der Waals surface area contributed by atoms with E-state index in [4.69, 9.17) is 0 Å². The molecular weight excluding hydrogens is 453 g/mol. The van der Waals surface area contributed by atoms with Crippen LogP contribution in [0, 0.1) is 5.82 Å². The number of benzene rings is 2. The molecule has 0 aliphatic rings. The first-order valence-electron chi connectivity index (χ1n) is 9.20. The molecular formula is C21H17BrFN5O2. The van der Waals surface area contributed by atoms with Gasteiger partial charge in [-0.3, -0.25) is 14.2 Å². The fraction of sp³-hybridized carbons (Fsp3) is 0.143. The molecule has 2 heterocycles. The first kappa shape index (κ1) is 20.0. The molecule has 9 heteroatoms. The zero-order valence-corrected chi connectivity index (χ0v) is 17.3. The van der Waals surface area contributed by atoms with E-state index in [1.807, 2.05) is 0 Å². The Labute approximate surface area is 179 Å². The molecule has 1 N–H and O–H groups in total. The Hall–Kier alpha value is -3.33. The average molecular weight is 470 g/mol. The first-order valence-corrected chi connectivity index (χ1v) is 10.00. The number of amides is 1. The summed E-state index contributed by atoms with van der Waals surface area (Å²) in [6, 6.07) is 13.0. The topological polar surface area (TPSA) is 81.8 Å². The number of fused-ring (bicyclic) bond motifs is 1. The lowest BCUT2D eigenvalue weighted by Crippen LogP contribution is -2.27. The Bertz CT molecular complexity index is 1250. The lowest BCUT2D eigenvalue weighted by Gasteiger charge is -2.08. The van der Waals surface area contributed by atoms with Gasteiger partial charge in [0.2, 0.25) is 0 Å². The number of aromatic nitrogens is 4. The Morgan fingerprint density at radius 3 is 2.57 bits per heavy atom. The van der Waals surface area contributed by atoms with Crippen LogP contribution in [0.2, 0.25) is 0 Å². The van der Waals surface area contributed by atoms with Crippen LogP contribution in [0.1, 0.15) is 15.9 Å². The monoisotopic (exact) mass is 469 g/mol. The zero-order valence-electron chi connectivity index (χ0n) is 15.8. The molecule has 30 heavy (non-hydrogen) atoms. The summed E-state index contributed by atoms with van der Waals surface area (Å²) in [7, 11) is 0. The summed E-state index contributed by atoms with van der Waals surface area (Å²) < 4.78 is 17.0. The summed E-state index contributed by atoms with van der Waals surface area (Å²) in [5.41, 5.74) is 1.58. The summed E-state index contributed by atoms with van der Waals surface area (Å²) in [6.07, 6.45) is 2.93. The van der Waals surface area contributed by atoms with Crippen molar-refractivity contribution in [1.82, 2.24) is 24.6 Å². The maximum absolute atomic E-state index is 13.1. The Morgan fingerprint density at radius 1 is 1.10 bits per heavy atom. The third-order valence-corrected chi connectivity index (χ3v) is 5.13. The van der Waals surface area contributed by atoms with Crippen LogP contribution in [0.3, 0.4) is 0 Å². The van der Waals surface area contributed by atoms with Crippen molar-refractivity contribution in [2.75, 3.05) is 6.54 Å². The predicted molar refractivity (Wildman–Crippen MR) is 114 cm³/mol. The molecule has 2 aromatic heterocycles. The van der Waals surface area contributed by atoms with Crippen molar-refractivity contribution in [3.8, 4) is 0 Å². The van der Waals surface area contributed by atoms with Gasteiger partial charge in [-0.05, 0) is 42.0 Å². The van der Waals surface area contributed by atoms with Crippen LogP contribution in [0.15, 0.2) is 70.3 Å². The van der Waals surface area contributed by atoms with E-state index in [1.54, 1.807) is 41.1 Å². The molecule has 0 saturated carbocycles. The lowest BCUT2D eigenvalue weighted by atomic mass is 10.2. The number of halogens is 2. The van der Waals surface area contributed by atoms with Crippen molar-refractivity contribution in [2.24, 2.45) is 0 Å². The van der Waals surface area contributed by atoms with E-state index in [0.717, 1.165) is 10.0 Å². The van der Waals surface area contributed by atoms with Crippen molar-refractivity contribution < 1.29 is 9.18 Å². The summed E-state index contributed by atoms with van der Waals surface area (Å²) >= 11 is 3.34. The second kappa shape index (κ2) is 8.58. The van der Waals surface area contributed by atoms with Gasteiger partial charge in [0.25, 0.3) is 11.5 Å². The number of hydrogen-bond donors (Lipinski definition) is 1. The minimum Gasteiger partial charge on any atom is -0.350 e. The van der Waals surface area contributed by atoms with Crippen LogP contribution in [-0.2, 0) is 13.1 Å². The molecule has 1 amide bonds. The van der Waals surface area contributed by atoms with Gasteiger partial charge in [-0.15, -0.1) is 0 Å². The van der Waals surface area contributed by atoms with Crippen LogP contribution in [0.25, 0.3) is 11.0 Å². The van der Waals surface area contributed by atoms with E-state index in [-0.39, 0.29) is 23.8 Å². The van der Waals surface area contributed by atoms with E-state index >= 15 is 0 Å². The maximum Gasteiger partial charge on any atom is 0.264 e. The highest BCUT2D eigenvalue weighted by molar-refractivity contribution is 9.10. The smallest absolute Gasteiger partial charge is 0.264 e. The molecule has 0 aliphatic carbocycles. The minimum absolute atomic E-state index is 0.187. The molecule has 0 bridgehead atoms. The molecule has 7 nitrogen and oxygen atoms in total. The highest BCUT2D eigenvalue weighted by Crippen LogP contribution is 2.11. The largest absolute Gasteiger partial charge is 0.350 e. The lowest BCUT2D eigenvalue weighted by molar-refractivity contribution is 0.0952. The predicted octanol–water partition coefficient (Wildman–Crippen LogP) is 2.97. The van der Waals surface area contributed by atoms with Crippen molar-refractivity contribution in [3.05, 3.63) is 92.8 Å². The zero-order chi connectivity index (χ0) is 21.1. The molecule has 4 rings (SSSR count). The van der Waals surface area contributed by atoms with Crippen LogP contribution in [-0.4, -0.2) is 31.8 Å². The number of hydrogen-bond acceptors (Lipinski definition) is 4. The summed E-state index contributed by atoms with van der Waals surface area (Å²) in [5, 5.41) is 7.45. The van der Waals surface area contributed by atoms with Gasteiger partial charge in [0.1, 0.15) is 17.5 Å². The molecule has 0 saturated heterocycles. The Balaban J connectivity index is 1.45. The van der Waals surface area contributed by atoms with Gasteiger partial charge >= 0.3 is 0 Å². The number of nitrogens with one attached hydrogen (secondary N) is 1. The van der Waals surface area contributed by atoms with Crippen LogP contribution >= 0.6 is 15.9 Å². The van der Waals surface area contributed by atoms with Crippen molar-refractivity contribution in [2.45, 2.75) is 13.1 Å². The fourth-order valence-corrected chi connectivity index (χ4v) is 3.30. The fourth-order valence-electron chi connectivity index (χ4n) is 3.04. The van der Waals surface area contributed by atoms with Crippen LogP contribution in [0.4, 0.5) is 4.39 Å². The first-order chi connectivity index (χ1) is 14.5. The van der Waals surface area contributed by atoms with Crippen molar-refractivity contribution in [1.29, 1.82) is 0 Å². The van der Waals surface area contributed by atoms with Crippen LogP contribution in [0.5, 0.6) is 0 Å². The van der Waals surface area contributed by atoms with E-state index < -0.39 is 0 Å². The highest BCUT2D eigenvalue weighted by atomic mass is 79.9. The van der Waals surface area contributed by atoms with Gasteiger partial charge in [0, 0.05) is 16.6 Å². The molecule has 152 valence electrons. The van der Waals surface area contributed by atoms with Gasteiger partial charge in [0.15, 0.2) is 5.65 Å². The van der Waals surface area contributed by atoms with E-state index in [1.165, 1.54) is 29.2 Å². The van der Waals surface area contributed by atoms with E-state index in [2.05, 4.69) is 31.3 Å². The highest BCUT2D eigenvalue weighted by Gasteiger charge is 2.11. The molecule has 0 fully saturated rings. The summed E-state index contributed by atoms with van der Waals surface area (Å²) in [5.74, 6) is -0.512. The number of carbonyl (C=O) groups excluding carboxylic acids is 1. The number of carbonyl (C=O) groups is 1. The molecule has 0 aliphatic heterocycles. The van der Waals surface area contributed by atoms with E-state index in [9.17, 15) is 14.0 Å². The van der Waals surface area contributed by atoms with E-state index in [0.29, 0.717) is 29.7 Å². The van der Waals surface area contributed by atoms with Crippen LogP contribution < -0.4 is 10.9 Å². The van der Waals surface area contributed by atoms with Crippen molar-refractivity contribution >= 4 is 32.9 Å². The van der Waals surface area contributed by atoms with Gasteiger partial charge in [-0.2, -0.15) is 5.10 Å². The molecule has 0 spiro atoms. The summed E-state index contributed by atoms with van der Waals surface area (Å²) in [6.45, 7) is 1.00. The van der Waals surface area contributed by atoms with Gasteiger partial charge < -0.3 is 5.32 Å². The Morgan fingerprint density at radius 2 is 1.83 bits per heavy atom. The molecule has 0 unspecified atom stereocenters. The second-order valence-electron chi connectivity index (χ2n) is 6.67. The third-order valence-electron chi connectivity index (χ3n) is 4.60. The normalized spacial score (nSPS) is 11.0. The average Bonchev–Trinajstić information content (AvgIpc) is 3.16. The molecule has 0 radical (unpaired) electrons. The van der Waals surface area contributed by atoms with Gasteiger partial charge in [-0.25, -0.2) is 14.1 Å². The molecule has 4 aromatic rings. The standard InChI is InChI=1S/C21H17BrFN5O2/c22-16-5-3-15(4-6-16)20(29)24-9-10-28-19-18(11-26-28)21(30)27(13-25-19)12-14-1-7-17(23)8-2-14/h1-8,11,13H,9-10,12H2,(H,24,29). The number of rotatable bonds is 6. The SMILES string of the molecule is O=C(NCCn1ncc2c(=O)n(Cc3ccc(F)cc3)cnc21)c1ccc(Br)cc1. The van der Waals surface area contributed by atoms with Crippen molar-refractivity contribution in [3.63, 3.8) is 0 Å². The molecule has 0 atom stereocenters. The minimum atomic E-state index is -0.326. The molecule has 2 aromatic carbocycles. The summed E-state index contributed by atoms with van der Waals surface area (Å²) in [4.78, 5) is 29.3. The second-order valence-corrected chi connectivity index (χ2v) is 7.59. The maximum atomic E-state index is 13.1. The Kier molecular flexibility index (Phi) is 5.71. The van der Waals surface area contributed by atoms with Gasteiger partial charge in [0.05, 0.1) is 19.3 Å². The quantitative estimate of drug-likeness (QED) is 0.470. The number of nitrogens with zero attached hydrogens (tertiary/aromatic N) is 4.